The zero-order valence-corrected chi connectivity index (χ0v) is 14.2. The molecule has 2 aliphatic rings. The number of aromatic nitrogens is 1. The normalized spacial score (nSPS) is 18.5. The van der Waals surface area contributed by atoms with Gasteiger partial charge in [-0.15, -0.1) is 0 Å². The van der Waals surface area contributed by atoms with Crippen molar-refractivity contribution >= 4 is 11.8 Å². The molecule has 0 unspecified atom stereocenters. The zero-order valence-electron chi connectivity index (χ0n) is 14.2. The minimum Gasteiger partial charge on any atom is -0.396 e. The van der Waals surface area contributed by atoms with Crippen LogP contribution in [0.2, 0.25) is 0 Å². The fourth-order valence-corrected chi connectivity index (χ4v) is 3.28. The van der Waals surface area contributed by atoms with E-state index in [0.717, 1.165) is 64.0 Å². The summed E-state index contributed by atoms with van der Waals surface area (Å²) in [5.74, 6) is 1.02. The van der Waals surface area contributed by atoms with Crippen LogP contribution in [-0.2, 0) is 0 Å². The van der Waals surface area contributed by atoms with Crippen LogP contribution in [0.1, 0.15) is 38.5 Å². The maximum atomic E-state index is 12.6. The minimum absolute atomic E-state index is 0.0757. The van der Waals surface area contributed by atoms with Gasteiger partial charge in [0, 0.05) is 44.5 Å². The predicted molar refractivity (Wildman–Crippen MR) is 94.1 cm³/mol. The molecule has 132 valence electrons. The second kappa shape index (κ2) is 8.33. The van der Waals surface area contributed by atoms with Gasteiger partial charge in [0.05, 0.1) is 0 Å². The highest BCUT2D eigenvalue weighted by Crippen LogP contribution is 2.27. The highest BCUT2D eigenvalue weighted by molar-refractivity contribution is 5.75. The Balaban J connectivity index is 1.45. The first-order chi connectivity index (χ1) is 11.8. The van der Waals surface area contributed by atoms with Crippen molar-refractivity contribution in [2.75, 3.05) is 31.1 Å². The number of urea groups is 1. The molecule has 6 nitrogen and oxygen atoms in total. The Morgan fingerprint density at radius 2 is 2.04 bits per heavy atom. The van der Waals surface area contributed by atoms with Crippen molar-refractivity contribution in [3.05, 3.63) is 24.4 Å². The molecule has 1 saturated carbocycles. The van der Waals surface area contributed by atoms with E-state index >= 15 is 0 Å². The maximum absolute atomic E-state index is 12.6. The third-order valence-corrected chi connectivity index (χ3v) is 4.85. The molecule has 0 atom stereocenters. The van der Waals surface area contributed by atoms with Crippen molar-refractivity contribution in [2.45, 2.75) is 50.6 Å². The molecule has 6 heteroatoms. The van der Waals surface area contributed by atoms with Crippen molar-refractivity contribution in [1.29, 1.82) is 0 Å². The van der Waals surface area contributed by atoms with Gasteiger partial charge in [-0.05, 0) is 50.7 Å². The number of carbonyl (C=O) groups excluding carboxylic acids is 1. The van der Waals surface area contributed by atoms with E-state index in [4.69, 9.17) is 5.11 Å². The van der Waals surface area contributed by atoms with E-state index in [1.165, 1.54) is 0 Å². The lowest BCUT2D eigenvalue weighted by Crippen LogP contribution is -2.50. The second-order valence-electron chi connectivity index (χ2n) is 6.75. The Bertz CT molecular complexity index is 513. The van der Waals surface area contributed by atoms with Gasteiger partial charge in [0.1, 0.15) is 5.82 Å². The van der Waals surface area contributed by atoms with Gasteiger partial charge in [0.15, 0.2) is 0 Å². The molecule has 3 rings (SSSR count). The van der Waals surface area contributed by atoms with Crippen LogP contribution >= 0.6 is 0 Å². The van der Waals surface area contributed by atoms with Crippen LogP contribution in [0, 0.1) is 0 Å². The molecule has 1 aromatic rings. The van der Waals surface area contributed by atoms with Crippen LogP contribution in [0.3, 0.4) is 0 Å². The topological polar surface area (TPSA) is 68.7 Å². The van der Waals surface area contributed by atoms with Gasteiger partial charge < -0.3 is 20.2 Å². The second-order valence-corrected chi connectivity index (χ2v) is 6.75. The summed E-state index contributed by atoms with van der Waals surface area (Å²) in [4.78, 5) is 21.2. The van der Waals surface area contributed by atoms with Crippen molar-refractivity contribution in [1.82, 2.24) is 15.2 Å². The van der Waals surface area contributed by atoms with Gasteiger partial charge in [-0.3, -0.25) is 0 Å². The molecule has 1 saturated heterocycles. The van der Waals surface area contributed by atoms with Gasteiger partial charge in [-0.25, -0.2) is 9.78 Å². The molecule has 1 aromatic heterocycles. The van der Waals surface area contributed by atoms with Crippen LogP contribution in [0.25, 0.3) is 0 Å². The molecule has 2 amide bonds. The minimum atomic E-state index is 0.0757. The number of hydrogen-bond acceptors (Lipinski definition) is 4. The quantitative estimate of drug-likeness (QED) is 0.749. The van der Waals surface area contributed by atoms with Gasteiger partial charge in [0.2, 0.25) is 0 Å². The number of aliphatic hydroxyl groups excluding tert-OH is 1. The van der Waals surface area contributed by atoms with Gasteiger partial charge in [-0.2, -0.15) is 0 Å². The number of aliphatic hydroxyl groups is 1. The first-order valence-electron chi connectivity index (χ1n) is 9.12. The van der Waals surface area contributed by atoms with E-state index in [1.807, 2.05) is 29.3 Å². The predicted octanol–water partition coefficient (Wildman–Crippen LogP) is 2.00. The summed E-state index contributed by atoms with van der Waals surface area (Å²) in [6.07, 6.45) is 7.60. The number of rotatable bonds is 7. The average Bonchev–Trinajstić information content (AvgIpc) is 3.45. The fourth-order valence-electron chi connectivity index (χ4n) is 3.28. The summed E-state index contributed by atoms with van der Waals surface area (Å²) >= 11 is 0. The van der Waals surface area contributed by atoms with Crippen molar-refractivity contribution in [2.24, 2.45) is 0 Å². The lowest BCUT2D eigenvalue weighted by molar-refractivity contribution is 0.184. The number of pyridine rings is 1. The molecule has 24 heavy (non-hydrogen) atoms. The SMILES string of the molecule is O=C(NC1CCN(c2ccccn2)CC1)N(CCCCO)C1CC1. The number of nitrogens with zero attached hydrogens (tertiary/aromatic N) is 3. The third kappa shape index (κ3) is 4.60. The number of anilines is 1. The Morgan fingerprint density at radius 1 is 1.25 bits per heavy atom. The third-order valence-electron chi connectivity index (χ3n) is 4.85. The summed E-state index contributed by atoms with van der Waals surface area (Å²) in [5.41, 5.74) is 0. The van der Waals surface area contributed by atoms with Crippen LogP contribution in [0.15, 0.2) is 24.4 Å². The van der Waals surface area contributed by atoms with Crippen LogP contribution in [-0.4, -0.2) is 59.3 Å². The van der Waals surface area contributed by atoms with Gasteiger partial charge in [-0.1, -0.05) is 6.07 Å². The zero-order chi connectivity index (χ0) is 16.8. The van der Waals surface area contributed by atoms with E-state index in [9.17, 15) is 4.79 Å². The largest absolute Gasteiger partial charge is 0.396 e. The highest BCUT2D eigenvalue weighted by Gasteiger charge is 2.33. The maximum Gasteiger partial charge on any atom is 0.317 e. The number of hydrogen-bond donors (Lipinski definition) is 2. The number of piperidine rings is 1. The van der Waals surface area contributed by atoms with Crippen molar-refractivity contribution in [3.63, 3.8) is 0 Å². The highest BCUT2D eigenvalue weighted by atomic mass is 16.3. The molecule has 0 spiro atoms. The Morgan fingerprint density at radius 3 is 2.67 bits per heavy atom. The summed E-state index contributed by atoms with van der Waals surface area (Å²) in [7, 11) is 0. The molecular formula is C18H28N4O2. The lowest BCUT2D eigenvalue weighted by Gasteiger charge is -2.34. The first kappa shape index (κ1) is 17.0. The number of carbonyl (C=O) groups is 1. The fraction of sp³-hybridized carbons (Fsp3) is 0.667. The monoisotopic (exact) mass is 332 g/mol. The summed E-state index contributed by atoms with van der Waals surface area (Å²) < 4.78 is 0. The Labute approximate surface area is 143 Å². The number of nitrogens with one attached hydrogen (secondary N) is 1. The standard InChI is InChI=1S/C18H28N4O2/c23-14-4-3-11-22(16-6-7-16)18(24)20-15-8-12-21(13-9-15)17-5-1-2-10-19-17/h1-2,5,10,15-16,23H,3-4,6-9,11-14H2,(H,20,24). The summed E-state index contributed by atoms with van der Waals surface area (Å²) in [6.45, 7) is 2.81. The van der Waals surface area contributed by atoms with E-state index in [0.29, 0.717) is 6.04 Å². The summed E-state index contributed by atoms with van der Waals surface area (Å²) in [6, 6.07) is 6.71. The molecule has 1 aliphatic heterocycles. The molecule has 0 radical (unpaired) electrons. The smallest absolute Gasteiger partial charge is 0.317 e. The molecular weight excluding hydrogens is 304 g/mol. The van der Waals surface area contributed by atoms with Crippen molar-refractivity contribution < 1.29 is 9.90 Å². The Kier molecular flexibility index (Phi) is 5.91. The molecule has 1 aliphatic carbocycles. The van der Waals surface area contributed by atoms with Crippen LogP contribution < -0.4 is 10.2 Å². The average molecular weight is 332 g/mol. The van der Waals surface area contributed by atoms with E-state index in [-0.39, 0.29) is 18.7 Å². The molecule has 2 fully saturated rings. The van der Waals surface area contributed by atoms with E-state index < -0.39 is 0 Å². The Hall–Kier alpha value is -1.82. The van der Waals surface area contributed by atoms with Crippen LogP contribution in [0.5, 0.6) is 0 Å². The number of amides is 2. The summed E-state index contributed by atoms with van der Waals surface area (Å²) in [5, 5.41) is 12.1. The van der Waals surface area contributed by atoms with Gasteiger partial charge >= 0.3 is 6.03 Å². The molecule has 2 N–H and O–H groups in total. The molecule has 0 bridgehead atoms. The van der Waals surface area contributed by atoms with E-state index in [2.05, 4.69) is 15.2 Å². The lowest BCUT2D eigenvalue weighted by atomic mass is 10.1. The van der Waals surface area contributed by atoms with E-state index in [1.54, 1.807) is 0 Å². The molecule has 0 aromatic carbocycles. The number of unbranched alkanes of at least 4 members (excludes halogenated alkanes) is 1. The first-order valence-corrected chi connectivity index (χ1v) is 9.12. The van der Waals surface area contributed by atoms with Gasteiger partial charge in [0.25, 0.3) is 0 Å². The molecule has 2 heterocycles. The van der Waals surface area contributed by atoms with Crippen LogP contribution in [0.4, 0.5) is 10.6 Å². The van der Waals surface area contributed by atoms with Crippen molar-refractivity contribution in [3.8, 4) is 0 Å².